The monoisotopic (exact) mass is 421 g/mol. The smallest absolute Gasteiger partial charge is 0.428 e. The molecule has 1 aromatic carbocycles. The van der Waals surface area contributed by atoms with Crippen molar-refractivity contribution < 1.29 is 22.3 Å². The summed E-state index contributed by atoms with van der Waals surface area (Å²) in [6.45, 7) is 2.84. The number of halogens is 4. The Morgan fingerprint density at radius 2 is 1.87 bits per heavy atom. The van der Waals surface area contributed by atoms with Crippen LogP contribution in [0.15, 0.2) is 54.9 Å². The van der Waals surface area contributed by atoms with Crippen LogP contribution in [0.3, 0.4) is 0 Å². The highest BCUT2D eigenvalue weighted by Crippen LogP contribution is 2.29. The topological polar surface area (TPSA) is 72.0 Å². The second-order valence-corrected chi connectivity index (χ2v) is 6.24. The number of rotatable bonds is 9. The van der Waals surface area contributed by atoms with Gasteiger partial charge in [-0.25, -0.2) is 15.0 Å². The van der Waals surface area contributed by atoms with E-state index in [1.54, 1.807) is 24.4 Å². The lowest BCUT2D eigenvalue weighted by Crippen LogP contribution is -2.33. The third kappa shape index (κ3) is 5.56. The van der Waals surface area contributed by atoms with E-state index in [1.807, 2.05) is 13.0 Å². The van der Waals surface area contributed by atoms with Gasteiger partial charge >= 0.3 is 12.5 Å². The van der Waals surface area contributed by atoms with E-state index in [1.165, 1.54) is 12.3 Å². The van der Waals surface area contributed by atoms with Crippen LogP contribution in [0, 0.1) is 0 Å². The second-order valence-electron chi connectivity index (χ2n) is 6.24. The van der Waals surface area contributed by atoms with Crippen molar-refractivity contribution in [2.45, 2.75) is 25.9 Å². The Morgan fingerprint density at radius 3 is 2.63 bits per heavy atom. The van der Waals surface area contributed by atoms with Crippen molar-refractivity contribution in [2.24, 2.45) is 0 Å². The summed E-state index contributed by atoms with van der Waals surface area (Å²) in [7, 11) is 0. The molecule has 0 unspecified atom stereocenters. The van der Waals surface area contributed by atoms with Gasteiger partial charge in [-0.3, -0.25) is 0 Å². The predicted octanol–water partition coefficient (Wildman–Crippen LogP) is 5.34. The normalized spacial score (nSPS) is 11.4. The summed E-state index contributed by atoms with van der Waals surface area (Å²) in [5, 5.41) is 6.05. The number of hydrogen-bond acceptors (Lipinski definition) is 6. The second kappa shape index (κ2) is 9.38. The van der Waals surface area contributed by atoms with Gasteiger partial charge in [-0.15, -0.1) is 0 Å². The Bertz CT molecular complexity index is 987. The van der Waals surface area contributed by atoms with Gasteiger partial charge in [-0.2, -0.15) is 17.6 Å². The Morgan fingerprint density at radius 1 is 1.07 bits per heavy atom. The number of nitrogens with one attached hydrogen (secondary N) is 2. The number of anilines is 3. The van der Waals surface area contributed by atoms with Crippen molar-refractivity contribution in [3.63, 3.8) is 0 Å². The first-order valence-corrected chi connectivity index (χ1v) is 9.13. The van der Waals surface area contributed by atoms with E-state index >= 15 is 0 Å². The maximum atomic E-state index is 13.1. The van der Waals surface area contributed by atoms with Crippen molar-refractivity contribution in [1.29, 1.82) is 0 Å². The zero-order valence-electron chi connectivity index (χ0n) is 15.9. The number of benzene rings is 1. The summed E-state index contributed by atoms with van der Waals surface area (Å²) in [5.41, 5.74) is 1.73. The molecule has 30 heavy (non-hydrogen) atoms. The van der Waals surface area contributed by atoms with Gasteiger partial charge in [0.1, 0.15) is 11.6 Å². The zero-order valence-corrected chi connectivity index (χ0v) is 15.9. The number of hydrogen-bond donors (Lipinski definition) is 2. The van der Waals surface area contributed by atoms with Crippen molar-refractivity contribution in [3.8, 4) is 17.0 Å². The van der Waals surface area contributed by atoms with E-state index in [9.17, 15) is 17.6 Å². The molecule has 0 amide bonds. The predicted molar refractivity (Wildman–Crippen MR) is 105 cm³/mol. The molecule has 3 aromatic rings. The van der Waals surface area contributed by atoms with Gasteiger partial charge in [-0.05, 0) is 36.8 Å². The van der Waals surface area contributed by atoms with Gasteiger partial charge in [0.15, 0.2) is 0 Å². The van der Waals surface area contributed by atoms with Gasteiger partial charge in [0.25, 0.3) is 0 Å². The summed E-state index contributed by atoms with van der Waals surface area (Å²) in [4.78, 5) is 12.8. The van der Waals surface area contributed by atoms with Crippen molar-refractivity contribution in [3.05, 3.63) is 54.9 Å². The number of ether oxygens (including phenoxy) is 1. The van der Waals surface area contributed by atoms with E-state index in [4.69, 9.17) is 0 Å². The molecule has 0 aliphatic heterocycles. The van der Waals surface area contributed by atoms with E-state index in [0.717, 1.165) is 30.7 Å². The van der Waals surface area contributed by atoms with Crippen LogP contribution in [0.25, 0.3) is 11.3 Å². The molecule has 2 aromatic heterocycles. The Balaban J connectivity index is 1.77. The summed E-state index contributed by atoms with van der Waals surface area (Å²) in [6.07, 6.45) is -4.37. The molecule has 0 spiro atoms. The van der Waals surface area contributed by atoms with Crippen molar-refractivity contribution in [1.82, 2.24) is 15.0 Å². The summed E-state index contributed by atoms with van der Waals surface area (Å²) >= 11 is 0. The molecular weight excluding hydrogens is 402 g/mol. The molecule has 6 nitrogen and oxygen atoms in total. The third-order valence-corrected chi connectivity index (χ3v) is 3.87. The van der Waals surface area contributed by atoms with Crippen LogP contribution < -0.4 is 15.4 Å². The van der Waals surface area contributed by atoms with Crippen LogP contribution in [-0.2, 0) is 0 Å². The average Bonchev–Trinajstić information content (AvgIpc) is 2.72. The lowest BCUT2D eigenvalue weighted by atomic mass is 10.2. The van der Waals surface area contributed by atoms with Crippen molar-refractivity contribution >= 4 is 17.5 Å². The van der Waals surface area contributed by atoms with Crippen LogP contribution in [0.2, 0.25) is 0 Å². The minimum Gasteiger partial charge on any atom is -0.428 e. The van der Waals surface area contributed by atoms with Crippen LogP contribution in [0.4, 0.5) is 35.0 Å². The molecule has 2 N–H and O–H groups in total. The highest BCUT2D eigenvalue weighted by Gasteiger charge is 2.43. The van der Waals surface area contributed by atoms with Gasteiger partial charge in [0, 0.05) is 36.3 Å². The first-order chi connectivity index (χ1) is 14.4. The maximum absolute atomic E-state index is 13.1. The fourth-order valence-corrected chi connectivity index (χ4v) is 2.49. The van der Waals surface area contributed by atoms with E-state index < -0.39 is 18.3 Å². The molecule has 0 aliphatic rings. The summed E-state index contributed by atoms with van der Waals surface area (Å²) in [5.74, 6) is 0.500. The molecule has 10 heteroatoms. The molecule has 158 valence electrons. The van der Waals surface area contributed by atoms with Gasteiger partial charge in [0.2, 0.25) is 5.95 Å². The quantitative estimate of drug-likeness (QED) is 0.455. The third-order valence-electron chi connectivity index (χ3n) is 3.87. The molecule has 0 radical (unpaired) electrons. The highest BCUT2D eigenvalue weighted by atomic mass is 19.3. The highest BCUT2D eigenvalue weighted by molar-refractivity contribution is 5.65. The van der Waals surface area contributed by atoms with Crippen LogP contribution >= 0.6 is 0 Å². The minimum absolute atomic E-state index is 0.199. The molecule has 2 heterocycles. The molecular formula is C20H19F4N5O. The fourth-order valence-electron chi connectivity index (χ4n) is 2.49. The Labute approximate surface area is 170 Å². The molecule has 3 rings (SSSR count). The maximum Gasteiger partial charge on any atom is 0.461 e. The minimum atomic E-state index is -4.58. The number of pyridine rings is 1. The average molecular weight is 421 g/mol. The number of nitrogens with zero attached hydrogens (tertiary/aromatic N) is 3. The molecule has 0 aliphatic carbocycles. The largest absolute Gasteiger partial charge is 0.461 e. The fraction of sp³-hybridized carbons (Fsp3) is 0.250. The lowest BCUT2D eigenvalue weighted by Gasteiger charge is -2.17. The lowest BCUT2D eigenvalue weighted by molar-refractivity contribution is -0.253. The summed E-state index contributed by atoms with van der Waals surface area (Å²) in [6, 6.07) is 10.6. The molecule has 0 atom stereocenters. The van der Waals surface area contributed by atoms with Gasteiger partial charge in [0.05, 0.1) is 5.69 Å². The van der Waals surface area contributed by atoms with E-state index in [-0.39, 0.29) is 5.95 Å². The molecule has 0 saturated carbocycles. The molecule has 0 fully saturated rings. The number of aromatic nitrogens is 3. The Kier molecular flexibility index (Phi) is 6.65. The standard InChI is InChI=1S/C20H19F4N5O/c1-2-8-25-17-11-13(6-9-26-17)16-7-10-27-19(29-16)28-14-4-3-5-15(12-14)30-20(23,24)18(21)22/h3-7,9-12,18H,2,8H2,1H3,(H,25,26)(H,27,28,29). The van der Waals surface area contributed by atoms with E-state index in [0.29, 0.717) is 17.2 Å². The van der Waals surface area contributed by atoms with Gasteiger partial charge < -0.3 is 15.4 Å². The molecule has 0 saturated heterocycles. The molecule has 0 bridgehead atoms. The van der Waals surface area contributed by atoms with Crippen LogP contribution in [-0.4, -0.2) is 34.0 Å². The van der Waals surface area contributed by atoms with Crippen LogP contribution in [0.5, 0.6) is 5.75 Å². The zero-order chi connectivity index (χ0) is 21.6. The van der Waals surface area contributed by atoms with E-state index in [2.05, 4.69) is 30.3 Å². The summed E-state index contributed by atoms with van der Waals surface area (Å²) < 4.78 is 55.0. The Hall–Kier alpha value is -3.43. The SMILES string of the molecule is CCCNc1cc(-c2ccnc(Nc3cccc(OC(F)(F)C(F)F)c3)n2)ccn1. The number of alkyl halides is 4. The first-order valence-electron chi connectivity index (χ1n) is 9.13. The van der Waals surface area contributed by atoms with Crippen molar-refractivity contribution in [2.75, 3.05) is 17.2 Å². The van der Waals surface area contributed by atoms with Gasteiger partial charge in [-0.1, -0.05) is 13.0 Å². The first kappa shape index (κ1) is 21.3. The van der Waals surface area contributed by atoms with Crippen LogP contribution in [0.1, 0.15) is 13.3 Å².